The van der Waals surface area contributed by atoms with E-state index in [9.17, 15) is 9.90 Å². The maximum absolute atomic E-state index is 9.65. The van der Waals surface area contributed by atoms with Crippen LogP contribution in [0.2, 0.25) is 0 Å². The van der Waals surface area contributed by atoms with E-state index in [4.69, 9.17) is 5.73 Å². The van der Waals surface area contributed by atoms with Crippen LogP contribution in [-0.2, 0) is 24.3 Å². The van der Waals surface area contributed by atoms with E-state index in [0.717, 1.165) is 0 Å². The van der Waals surface area contributed by atoms with Crippen molar-refractivity contribution in [2.24, 2.45) is 5.73 Å². The third-order valence-corrected chi connectivity index (χ3v) is 0.893. The SMILES string of the molecule is N[C@@H](CS)C(=O)[O-].[Zn]. The van der Waals surface area contributed by atoms with Crippen molar-refractivity contribution >= 4 is 18.6 Å². The molecule has 0 saturated carbocycles. The van der Waals surface area contributed by atoms with E-state index in [2.05, 4.69) is 12.6 Å². The van der Waals surface area contributed by atoms with Crippen LogP contribution in [0.15, 0.2) is 0 Å². The first-order valence-electron chi connectivity index (χ1n) is 1.75. The number of hydrogen-bond acceptors (Lipinski definition) is 4. The Hall–Kier alpha value is 0.403. The molecule has 0 heterocycles. The maximum atomic E-state index is 9.65. The molecule has 0 aromatic carbocycles. The van der Waals surface area contributed by atoms with Gasteiger partial charge >= 0.3 is 0 Å². The van der Waals surface area contributed by atoms with Gasteiger partial charge in [0.25, 0.3) is 0 Å². The van der Waals surface area contributed by atoms with Gasteiger partial charge in [-0.15, -0.1) is 0 Å². The molecular weight excluding hydrogens is 179 g/mol. The largest absolute Gasteiger partial charge is 0.548 e. The molecule has 3 nitrogen and oxygen atoms in total. The molecule has 0 aromatic rings. The maximum Gasteiger partial charge on any atom is 0.0590 e. The van der Waals surface area contributed by atoms with Crippen molar-refractivity contribution in [2.75, 3.05) is 5.75 Å². The number of thiol groups is 1. The standard InChI is InChI=1S/C3H7NO2S.Zn/c4-2(1-7)3(5)6;/h2,7H,1,4H2,(H,5,6);/p-1/t2-;/m0./s1. The second-order valence-electron chi connectivity index (χ2n) is 1.11. The summed E-state index contributed by atoms with van der Waals surface area (Å²) in [5.41, 5.74) is 4.88. The van der Waals surface area contributed by atoms with Gasteiger partial charge in [0.05, 0.1) is 12.0 Å². The van der Waals surface area contributed by atoms with Crippen molar-refractivity contribution in [3.05, 3.63) is 0 Å². The molecule has 0 aliphatic rings. The molecule has 5 heteroatoms. The Morgan fingerprint density at radius 2 is 2.25 bits per heavy atom. The summed E-state index contributed by atoms with van der Waals surface area (Å²) in [4.78, 5) is 9.65. The van der Waals surface area contributed by atoms with Gasteiger partial charge in [-0.25, -0.2) is 0 Å². The molecule has 0 radical (unpaired) electrons. The summed E-state index contributed by atoms with van der Waals surface area (Å²) in [6.07, 6.45) is 0. The average molecular weight is 186 g/mol. The van der Waals surface area contributed by atoms with Gasteiger partial charge < -0.3 is 15.6 Å². The van der Waals surface area contributed by atoms with Crippen molar-refractivity contribution in [1.29, 1.82) is 0 Å². The Kier molecular flexibility index (Phi) is 7.78. The van der Waals surface area contributed by atoms with Crippen LogP contribution in [0.25, 0.3) is 0 Å². The van der Waals surface area contributed by atoms with Gasteiger partial charge in [0.15, 0.2) is 0 Å². The quantitative estimate of drug-likeness (QED) is 0.386. The Bertz CT molecular complexity index is 79.7. The van der Waals surface area contributed by atoms with E-state index in [1.165, 1.54) is 0 Å². The Balaban J connectivity index is 0. The molecule has 0 spiro atoms. The van der Waals surface area contributed by atoms with Gasteiger partial charge in [-0.05, 0) is 0 Å². The van der Waals surface area contributed by atoms with Gasteiger partial charge in [-0.3, -0.25) is 0 Å². The second kappa shape index (κ2) is 5.54. The smallest absolute Gasteiger partial charge is 0.0590 e. The average Bonchev–Trinajstić information content (AvgIpc) is 1.65. The van der Waals surface area contributed by atoms with Crippen LogP contribution in [0, 0.1) is 0 Å². The zero-order valence-electron chi connectivity index (χ0n) is 4.33. The molecular formula is C3H6NO2SZn-. The predicted molar refractivity (Wildman–Crippen MR) is 26.8 cm³/mol. The van der Waals surface area contributed by atoms with Crippen LogP contribution < -0.4 is 10.8 Å². The molecule has 0 aliphatic heterocycles. The number of carbonyl (C=O) groups excluding carboxylic acids is 1. The van der Waals surface area contributed by atoms with Crippen LogP contribution in [0.3, 0.4) is 0 Å². The summed E-state index contributed by atoms with van der Waals surface area (Å²) in [5.74, 6) is -1.13. The third kappa shape index (κ3) is 4.56. The van der Waals surface area contributed by atoms with Crippen LogP contribution >= 0.6 is 12.6 Å². The second-order valence-corrected chi connectivity index (χ2v) is 1.47. The molecule has 0 aromatic heterocycles. The van der Waals surface area contributed by atoms with Gasteiger partial charge in [0.1, 0.15) is 0 Å². The van der Waals surface area contributed by atoms with Crippen LogP contribution in [0.4, 0.5) is 0 Å². The predicted octanol–water partition coefficient (Wildman–Crippen LogP) is -2.01. The molecule has 1 atom stereocenters. The van der Waals surface area contributed by atoms with Gasteiger partial charge in [0.2, 0.25) is 0 Å². The zero-order valence-corrected chi connectivity index (χ0v) is 8.19. The molecule has 0 amide bonds. The van der Waals surface area contributed by atoms with Crippen molar-refractivity contribution in [3.8, 4) is 0 Å². The fourth-order valence-electron chi connectivity index (χ4n) is 0.0745. The summed E-state index contributed by atoms with van der Waals surface area (Å²) in [6, 6.07) is -0.927. The first-order chi connectivity index (χ1) is 3.18. The van der Waals surface area contributed by atoms with Gasteiger partial charge in [-0.1, -0.05) is 0 Å². The molecule has 0 fully saturated rings. The number of rotatable bonds is 2. The number of aliphatic carboxylic acids is 1. The molecule has 44 valence electrons. The third-order valence-electron chi connectivity index (χ3n) is 0.499. The summed E-state index contributed by atoms with van der Waals surface area (Å²) < 4.78 is 0. The summed E-state index contributed by atoms with van der Waals surface area (Å²) in [6.45, 7) is 0. The molecule has 8 heavy (non-hydrogen) atoms. The van der Waals surface area contributed by atoms with E-state index < -0.39 is 12.0 Å². The van der Waals surface area contributed by atoms with Crippen molar-refractivity contribution < 1.29 is 29.4 Å². The number of nitrogens with two attached hydrogens (primary N) is 1. The van der Waals surface area contributed by atoms with Crippen LogP contribution in [0.1, 0.15) is 0 Å². The molecule has 0 unspecified atom stereocenters. The molecule has 0 rings (SSSR count). The minimum Gasteiger partial charge on any atom is -0.548 e. The minimum atomic E-state index is -1.25. The monoisotopic (exact) mass is 184 g/mol. The first kappa shape index (κ1) is 11.2. The Labute approximate surface area is 65.8 Å². The number of carboxylic acids is 1. The normalized spacial score (nSPS) is 11.8. The van der Waals surface area contributed by atoms with Crippen molar-refractivity contribution in [1.82, 2.24) is 0 Å². The van der Waals surface area contributed by atoms with Crippen molar-refractivity contribution in [2.45, 2.75) is 6.04 Å². The van der Waals surface area contributed by atoms with Gasteiger partial charge in [-0.2, -0.15) is 12.6 Å². The molecule has 0 bridgehead atoms. The number of carboxylic acid groups (broad SMARTS) is 1. The summed E-state index contributed by atoms with van der Waals surface area (Å²) in [7, 11) is 0. The first-order valence-corrected chi connectivity index (χ1v) is 2.39. The number of carbonyl (C=O) groups is 1. The number of hydrogen-bond donors (Lipinski definition) is 2. The molecule has 0 saturated heterocycles. The minimum absolute atomic E-state index is 0. The van der Waals surface area contributed by atoms with Gasteiger partial charge in [0, 0.05) is 25.2 Å². The Morgan fingerprint density at radius 1 is 1.88 bits per heavy atom. The summed E-state index contributed by atoms with van der Waals surface area (Å²) in [5, 5.41) is 9.65. The molecule has 0 aliphatic carbocycles. The zero-order chi connectivity index (χ0) is 5.86. The van der Waals surface area contributed by atoms with Crippen LogP contribution in [-0.4, -0.2) is 17.8 Å². The van der Waals surface area contributed by atoms with E-state index >= 15 is 0 Å². The fourth-order valence-corrected chi connectivity index (χ4v) is 0.224. The topological polar surface area (TPSA) is 66.2 Å². The molecule has 2 N–H and O–H groups in total. The van der Waals surface area contributed by atoms with E-state index in [-0.39, 0.29) is 25.2 Å². The Morgan fingerprint density at radius 3 is 2.25 bits per heavy atom. The van der Waals surface area contributed by atoms with Crippen molar-refractivity contribution in [3.63, 3.8) is 0 Å². The fraction of sp³-hybridized carbons (Fsp3) is 0.667. The summed E-state index contributed by atoms with van der Waals surface area (Å²) >= 11 is 3.61. The van der Waals surface area contributed by atoms with E-state index in [1.807, 2.05) is 0 Å². The van der Waals surface area contributed by atoms with Crippen LogP contribution in [0.5, 0.6) is 0 Å². The van der Waals surface area contributed by atoms with E-state index in [0.29, 0.717) is 0 Å². The van der Waals surface area contributed by atoms with E-state index in [1.54, 1.807) is 0 Å².